The zero-order chi connectivity index (χ0) is 20.9. The summed E-state index contributed by atoms with van der Waals surface area (Å²) in [4.78, 5) is 12.8. The molecule has 1 fully saturated rings. The molecule has 0 bridgehead atoms. The molecule has 3 rings (SSSR count). The standard InChI is InChI=1S/C23H30N2O3S/c1-18-13-15-21(16-14-18)25-29(27,28)17-22(26)24-23(2,19-9-5-3-6-10-19)20-11-7-4-8-12-20/h3-12,18,21,25H,13-17H2,1-2H3,(H,24,26). The number of carbonyl (C=O) groups is 1. The lowest BCUT2D eigenvalue weighted by molar-refractivity contribution is -0.120. The molecule has 0 aromatic heterocycles. The van der Waals surface area contributed by atoms with Gasteiger partial charge in [0.25, 0.3) is 0 Å². The number of nitrogens with one attached hydrogen (secondary N) is 2. The molecule has 156 valence electrons. The van der Waals surface area contributed by atoms with Crippen LogP contribution in [0.15, 0.2) is 60.7 Å². The lowest BCUT2D eigenvalue weighted by atomic mass is 9.84. The van der Waals surface area contributed by atoms with Crippen LogP contribution in [0.4, 0.5) is 0 Å². The molecule has 0 heterocycles. The molecule has 5 nitrogen and oxygen atoms in total. The Morgan fingerprint density at radius 2 is 1.41 bits per heavy atom. The molecule has 0 unspecified atom stereocenters. The number of hydrogen-bond acceptors (Lipinski definition) is 3. The molecule has 1 amide bonds. The van der Waals surface area contributed by atoms with Gasteiger partial charge in [-0.2, -0.15) is 0 Å². The zero-order valence-electron chi connectivity index (χ0n) is 17.1. The van der Waals surface area contributed by atoms with Crippen LogP contribution in [-0.2, 0) is 20.4 Å². The van der Waals surface area contributed by atoms with Crippen molar-refractivity contribution >= 4 is 15.9 Å². The summed E-state index contributed by atoms with van der Waals surface area (Å²) in [6.07, 6.45) is 3.68. The summed E-state index contributed by atoms with van der Waals surface area (Å²) in [5.74, 6) is -0.456. The minimum atomic E-state index is -3.70. The fraction of sp³-hybridized carbons (Fsp3) is 0.435. The van der Waals surface area contributed by atoms with E-state index < -0.39 is 27.2 Å². The van der Waals surface area contributed by atoms with Crippen molar-refractivity contribution < 1.29 is 13.2 Å². The molecule has 6 heteroatoms. The maximum atomic E-state index is 12.8. The molecule has 0 spiro atoms. The van der Waals surface area contributed by atoms with E-state index in [1.165, 1.54) is 0 Å². The third-order valence-electron chi connectivity index (χ3n) is 5.77. The molecule has 0 aliphatic heterocycles. The summed E-state index contributed by atoms with van der Waals surface area (Å²) in [5.41, 5.74) is 0.965. The monoisotopic (exact) mass is 414 g/mol. The first-order chi connectivity index (χ1) is 13.8. The Balaban J connectivity index is 1.73. The van der Waals surface area contributed by atoms with E-state index in [0.717, 1.165) is 36.8 Å². The minimum Gasteiger partial charge on any atom is -0.342 e. The summed E-state index contributed by atoms with van der Waals surface area (Å²) in [6.45, 7) is 4.09. The van der Waals surface area contributed by atoms with Crippen molar-refractivity contribution in [2.45, 2.75) is 51.1 Å². The van der Waals surface area contributed by atoms with E-state index in [9.17, 15) is 13.2 Å². The molecule has 0 radical (unpaired) electrons. The van der Waals surface area contributed by atoms with Crippen LogP contribution < -0.4 is 10.0 Å². The number of amides is 1. The third kappa shape index (κ3) is 5.67. The van der Waals surface area contributed by atoms with Gasteiger partial charge in [0, 0.05) is 6.04 Å². The van der Waals surface area contributed by atoms with Crippen LogP contribution in [0.1, 0.15) is 50.7 Å². The number of carbonyl (C=O) groups excluding carboxylic acids is 1. The number of sulfonamides is 1. The van der Waals surface area contributed by atoms with E-state index >= 15 is 0 Å². The molecule has 1 aliphatic carbocycles. The largest absolute Gasteiger partial charge is 0.342 e. The average molecular weight is 415 g/mol. The second kappa shape index (κ2) is 9.09. The topological polar surface area (TPSA) is 75.3 Å². The maximum Gasteiger partial charge on any atom is 0.237 e. The van der Waals surface area contributed by atoms with Gasteiger partial charge in [0.2, 0.25) is 15.9 Å². The molecule has 0 saturated heterocycles. The van der Waals surface area contributed by atoms with Crippen molar-refractivity contribution in [1.29, 1.82) is 0 Å². The van der Waals surface area contributed by atoms with E-state index in [0.29, 0.717) is 5.92 Å². The van der Waals surface area contributed by atoms with Gasteiger partial charge >= 0.3 is 0 Å². The van der Waals surface area contributed by atoms with Gasteiger partial charge in [-0.1, -0.05) is 67.6 Å². The first kappa shape index (κ1) is 21.5. The first-order valence-electron chi connectivity index (χ1n) is 10.2. The Labute approximate surface area is 174 Å². The van der Waals surface area contributed by atoms with Gasteiger partial charge in [0.1, 0.15) is 5.75 Å². The van der Waals surface area contributed by atoms with Crippen LogP contribution in [0.2, 0.25) is 0 Å². The van der Waals surface area contributed by atoms with E-state index in [1.807, 2.05) is 67.6 Å². The lowest BCUT2D eigenvalue weighted by Gasteiger charge is -2.32. The molecule has 2 aromatic carbocycles. The Morgan fingerprint density at radius 3 is 1.90 bits per heavy atom. The molecule has 29 heavy (non-hydrogen) atoms. The van der Waals surface area contributed by atoms with E-state index in [2.05, 4.69) is 17.0 Å². The lowest BCUT2D eigenvalue weighted by Crippen LogP contribution is -2.49. The van der Waals surface area contributed by atoms with E-state index in [1.54, 1.807) is 0 Å². The van der Waals surface area contributed by atoms with Crippen LogP contribution in [0.3, 0.4) is 0 Å². The normalized spacial score (nSPS) is 20.2. The summed E-state index contributed by atoms with van der Waals surface area (Å²) < 4.78 is 27.9. The molecule has 2 aromatic rings. The highest BCUT2D eigenvalue weighted by atomic mass is 32.2. The molecule has 2 N–H and O–H groups in total. The van der Waals surface area contributed by atoms with Gasteiger partial charge in [0.15, 0.2) is 0 Å². The van der Waals surface area contributed by atoms with Crippen molar-refractivity contribution in [2.75, 3.05) is 5.75 Å². The van der Waals surface area contributed by atoms with Crippen molar-refractivity contribution in [1.82, 2.24) is 10.0 Å². The third-order valence-corrected chi connectivity index (χ3v) is 7.11. The fourth-order valence-electron chi connectivity index (χ4n) is 4.02. The van der Waals surface area contributed by atoms with Crippen LogP contribution >= 0.6 is 0 Å². The van der Waals surface area contributed by atoms with Crippen molar-refractivity contribution in [3.63, 3.8) is 0 Å². The highest BCUT2D eigenvalue weighted by Gasteiger charge is 2.32. The summed E-state index contributed by atoms with van der Waals surface area (Å²) in [7, 11) is -3.70. The van der Waals surface area contributed by atoms with Gasteiger partial charge in [-0.05, 0) is 49.7 Å². The van der Waals surface area contributed by atoms with E-state index in [-0.39, 0.29) is 6.04 Å². The Kier molecular flexibility index (Phi) is 6.75. The van der Waals surface area contributed by atoms with Gasteiger partial charge < -0.3 is 5.32 Å². The van der Waals surface area contributed by atoms with Crippen molar-refractivity contribution in [3.05, 3.63) is 71.8 Å². The zero-order valence-corrected chi connectivity index (χ0v) is 17.9. The second-order valence-corrected chi connectivity index (χ2v) is 9.99. The number of benzene rings is 2. The summed E-state index contributed by atoms with van der Waals surface area (Å²) in [6, 6.07) is 19.1. The first-order valence-corrected chi connectivity index (χ1v) is 11.9. The molecule has 1 saturated carbocycles. The Bertz CT molecular complexity index is 866. The number of rotatable bonds is 7. The Hall–Kier alpha value is -2.18. The van der Waals surface area contributed by atoms with Gasteiger partial charge in [-0.3, -0.25) is 4.79 Å². The number of hydrogen-bond donors (Lipinski definition) is 2. The minimum absolute atomic E-state index is 0.0707. The maximum absolute atomic E-state index is 12.8. The highest BCUT2D eigenvalue weighted by molar-refractivity contribution is 7.90. The molecule has 1 aliphatic rings. The fourth-order valence-corrected chi connectivity index (χ4v) is 5.26. The highest BCUT2D eigenvalue weighted by Crippen LogP contribution is 2.29. The van der Waals surface area contributed by atoms with Gasteiger partial charge in [0.05, 0.1) is 5.54 Å². The second-order valence-electron chi connectivity index (χ2n) is 8.24. The summed E-state index contributed by atoms with van der Waals surface area (Å²) >= 11 is 0. The summed E-state index contributed by atoms with van der Waals surface area (Å²) in [5, 5.41) is 2.97. The molecular weight excluding hydrogens is 384 g/mol. The van der Waals surface area contributed by atoms with E-state index in [4.69, 9.17) is 0 Å². The van der Waals surface area contributed by atoms with Crippen LogP contribution in [0.5, 0.6) is 0 Å². The molecule has 0 atom stereocenters. The predicted molar refractivity (Wildman–Crippen MR) is 116 cm³/mol. The van der Waals surface area contributed by atoms with Crippen LogP contribution in [0.25, 0.3) is 0 Å². The van der Waals surface area contributed by atoms with Crippen molar-refractivity contribution in [2.24, 2.45) is 5.92 Å². The average Bonchev–Trinajstić information content (AvgIpc) is 2.70. The van der Waals surface area contributed by atoms with Gasteiger partial charge in [-0.25, -0.2) is 13.1 Å². The van der Waals surface area contributed by atoms with Crippen molar-refractivity contribution in [3.8, 4) is 0 Å². The van der Waals surface area contributed by atoms with Gasteiger partial charge in [-0.15, -0.1) is 0 Å². The smallest absolute Gasteiger partial charge is 0.237 e. The Morgan fingerprint density at radius 1 is 0.931 bits per heavy atom. The van der Waals surface area contributed by atoms with Crippen LogP contribution in [-0.4, -0.2) is 26.1 Å². The quantitative estimate of drug-likeness (QED) is 0.727. The predicted octanol–water partition coefficient (Wildman–Crippen LogP) is 3.56. The SMILES string of the molecule is CC1CCC(NS(=O)(=O)CC(=O)NC(C)(c2ccccc2)c2ccccc2)CC1. The molecular formula is C23H30N2O3S. The van der Waals surface area contributed by atoms with Crippen LogP contribution in [0, 0.1) is 5.92 Å².